The number of nitrogens with two attached hydrogens (primary N) is 1. The molecule has 0 aromatic heterocycles. The van der Waals surface area contributed by atoms with E-state index in [0.29, 0.717) is 25.7 Å². The zero-order chi connectivity index (χ0) is 14.1. The van der Waals surface area contributed by atoms with Crippen LogP contribution in [0.4, 0.5) is 5.69 Å². The second-order valence-electron chi connectivity index (χ2n) is 4.30. The second kappa shape index (κ2) is 8.50. The fourth-order valence-corrected chi connectivity index (χ4v) is 1.78. The van der Waals surface area contributed by atoms with Crippen LogP contribution in [0, 0.1) is 0 Å². The summed E-state index contributed by atoms with van der Waals surface area (Å²) in [6, 6.07) is 9.80. The van der Waals surface area contributed by atoms with Gasteiger partial charge in [-0.1, -0.05) is 18.2 Å². The van der Waals surface area contributed by atoms with Crippen molar-refractivity contribution >= 4 is 11.6 Å². The molecule has 0 heterocycles. The Hall–Kier alpha value is -1.59. The van der Waals surface area contributed by atoms with E-state index in [0.717, 1.165) is 5.69 Å². The minimum atomic E-state index is 0.146. The van der Waals surface area contributed by atoms with Gasteiger partial charge in [-0.25, -0.2) is 4.99 Å². The van der Waals surface area contributed by atoms with Gasteiger partial charge < -0.3 is 20.1 Å². The van der Waals surface area contributed by atoms with E-state index in [9.17, 15) is 0 Å². The van der Waals surface area contributed by atoms with Gasteiger partial charge in [0.05, 0.1) is 24.9 Å². The van der Waals surface area contributed by atoms with Crippen LogP contribution in [0.3, 0.4) is 0 Å². The number of hydrogen-bond donors (Lipinski definition) is 1. The highest BCUT2D eigenvalue weighted by Gasteiger charge is 2.15. The number of rotatable bonds is 7. The lowest BCUT2D eigenvalue weighted by Gasteiger charge is -2.29. The maximum absolute atomic E-state index is 6.09. The summed E-state index contributed by atoms with van der Waals surface area (Å²) >= 11 is 0. The van der Waals surface area contributed by atoms with Crippen molar-refractivity contribution in [2.75, 3.05) is 34.0 Å². The van der Waals surface area contributed by atoms with Gasteiger partial charge in [0.1, 0.15) is 0 Å². The summed E-state index contributed by atoms with van der Waals surface area (Å²) in [5, 5.41) is 0. The molecular formula is C14H23N3O2. The predicted octanol–water partition coefficient (Wildman–Crippen LogP) is 1.62. The van der Waals surface area contributed by atoms with E-state index >= 15 is 0 Å². The highest BCUT2D eigenvalue weighted by atomic mass is 16.5. The van der Waals surface area contributed by atoms with Crippen molar-refractivity contribution in [1.29, 1.82) is 0 Å². The molecule has 0 saturated heterocycles. The SMILES string of the molecule is COCCN(C(N)=Nc1ccccc1)C(C)COC. The zero-order valence-electron chi connectivity index (χ0n) is 11.9. The molecule has 1 aromatic carbocycles. The van der Waals surface area contributed by atoms with E-state index < -0.39 is 0 Å². The van der Waals surface area contributed by atoms with Crippen LogP contribution in [0.2, 0.25) is 0 Å². The highest BCUT2D eigenvalue weighted by Crippen LogP contribution is 2.11. The van der Waals surface area contributed by atoms with Crippen molar-refractivity contribution in [3.05, 3.63) is 30.3 Å². The Labute approximate surface area is 115 Å². The third-order valence-electron chi connectivity index (χ3n) is 2.77. The fraction of sp³-hybridized carbons (Fsp3) is 0.500. The predicted molar refractivity (Wildman–Crippen MR) is 77.6 cm³/mol. The first-order chi connectivity index (χ1) is 9.19. The summed E-state index contributed by atoms with van der Waals surface area (Å²) in [5.74, 6) is 0.479. The molecule has 0 aliphatic carbocycles. The first kappa shape index (κ1) is 15.5. The lowest BCUT2D eigenvalue weighted by molar-refractivity contribution is 0.113. The van der Waals surface area contributed by atoms with Gasteiger partial charge in [-0.3, -0.25) is 0 Å². The molecule has 1 rings (SSSR count). The molecule has 0 aliphatic rings. The first-order valence-corrected chi connectivity index (χ1v) is 6.32. The normalized spacial score (nSPS) is 13.3. The third kappa shape index (κ3) is 5.28. The number of ether oxygens (including phenoxy) is 2. The van der Waals surface area contributed by atoms with Crippen LogP contribution in [0.1, 0.15) is 6.92 Å². The number of methoxy groups -OCH3 is 2. The first-order valence-electron chi connectivity index (χ1n) is 6.32. The Morgan fingerprint density at radius 1 is 1.26 bits per heavy atom. The third-order valence-corrected chi connectivity index (χ3v) is 2.77. The molecule has 0 saturated carbocycles. The van der Waals surface area contributed by atoms with E-state index in [1.54, 1.807) is 14.2 Å². The van der Waals surface area contributed by atoms with E-state index in [4.69, 9.17) is 15.2 Å². The van der Waals surface area contributed by atoms with Crippen LogP contribution in [-0.4, -0.2) is 50.9 Å². The van der Waals surface area contributed by atoms with Gasteiger partial charge in [-0.15, -0.1) is 0 Å². The molecule has 5 heteroatoms. The van der Waals surface area contributed by atoms with Crippen LogP contribution < -0.4 is 5.73 Å². The minimum absolute atomic E-state index is 0.146. The van der Waals surface area contributed by atoms with Crippen molar-refractivity contribution in [3.8, 4) is 0 Å². The largest absolute Gasteiger partial charge is 0.383 e. The molecule has 1 atom stereocenters. The molecule has 0 fully saturated rings. The van der Waals surface area contributed by atoms with E-state index in [2.05, 4.69) is 4.99 Å². The molecule has 19 heavy (non-hydrogen) atoms. The quantitative estimate of drug-likeness (QED) is 0.601. The van der Waals surface area contributed by atoms with Gasteiger partial charge in [0.25, 0.3) is 0 Å². The Balaban J connectivity index is 2.80. The lowest BCUT2D eigenvalue weighted by Crippen LogP contribution is -2.46. The number of guanidine groups is 1. The van der Waals surface area contributed by atoms with Gasteiger partial charge in [-0.2, -0.15) is 0 Å². The summed E-state index contributed by atoms with van der Waals surface area (Å²) in [4.78, 5) is 6.41. The second-order valence-corrected chi connectivity index (χ2v) is 4.30. The minimum Gasteiger partial charge on any atom is -0.383 e. The molecule has 0 bridgehead atoms. The van der Waals surface area contributed by atoms with E-state index in [-0.39, 0.29) is 6.04 Å². The van der Waals surface area contributed by atoms with Crippen molar-refractivity contribution in [2.45, 2.75) is 13.0 Å². The van der Waals surface area contributed by atoms with E-state index in [1.807, 2.05) is 42.2 Å². The van der Waals surface area contributed by atoms with E-state index in [1.165, 1.54) is 0 Å². The maximum atomic E-state index is 6.09. The van der Waals surface area contributed by atoms with Crippen molar-refractivity contribution in [1.82, 2.24) is 4.90 Å². The smallest absolute Gasteiger partial charge is 0.196 e. The topological polar surface area (TPSA) is 60.1 Å². The zero-order valence-corrected chi connectivity index (χ0v) is 11.9. The van der Waals surface area contributed by atoms with Crippen molar-refractivity contribution in [3.63, 3.8) is 0 Å². The van der Waals surface area contributed by atoms with Crippen LogP contribution in [0.15, 0.2) is 35.3 Å². The molecule has 0 amide bonds. The molecule has 0 radical (unpaired) electrons. The molecular weight excluding hydrogens is 242 g/mol. The Bertz CT molecular complexity index is 382. The molecule has 1 unspecified atom stereocenters. The molecule has 0 aliphatic heterocycles. The maximum Gasteiger partial charge on any atom is 0.196 e. The summed E-state index contributed by atoms with van der Waals surface area (Å²) in [7, 11) is 3.35. The van der Waals surface area contributed by atoms with Crippen LogP contribution in [-0.2, 0) is 9.47 Å². The Morgan fingerprint density at radius 3 is 2.53 bits per heavy atom. The lowest BCUT2D eigenvalue weighted by atomic mass is 10.3. The Morgan fingerprint density at radius 2 is 1.95 bits per heavy atom. The average Bonchev–Trinajstić information content (AvgIpc) is 2.40. The number of aliphatic imine (C=N–C) groups is 1. The van der Waals surface area contributed by atoms with Crippen LogP contribution >= 0.6 is 0 Å². The molecule has 0 spiro atoms. The summed E-state index contributed by atoms with van der Waals surface area (Å²) < 4.78 is 10.3. The summed E-state index contributed by atoms with van der Waals surface area (Å²) in [6.45, 7) is 3.92. The van der Waals surface area contributed by atoms with Crippen molar-refractivity contribution in [2.24, 2.45) is 10.7 Å². The van der Waals surface area contributed by atoms with Crippen LogP contribution in [0.5, 0.6) is 0 Å². The van der Waals surface area contributed by atoms with Gasteiger partial charge in [-0.05, 0) is 19.1 Å². The molecule has 106 valence electrons. The molecule has 5 nitrogen and oxygen atoms in total. The molecule has 1 aromatic rings. The molecule has 2 N–H and O–H groups in total. The fourth-order valence-electron chi connectivity index (χ4n) is 1.78. The monoisotopic (exact) mass is 265 g/mol. The number of hydrogen-bond acceptors (Lipinski definition) is 3. The number of para-hydroxylation sites is 1. The summed E-state index contributed by atoms with van der Waals surface area (Å²) in [6.07, 6.45) is 0. The van der Waals surface area contributed by atoms with Gasteiger partial charge >= 0.3 is 0 Å². The Kier molecular flexibility index (Phi) is 6.92. The van der Waals surface area contributed by atoms with Gasteiger partial charge in [0.2, 0.25) is 0 Å². The van der Waals surface area contributed by atoms with Gasteiger partial charge in [0, 0.05) is 20.8 Å². The number of nitrogens with zero attached hydrogens (tertiary/aromatic N) is 2. The average molecular weight is 265 g/mol. The van der Waals surface area contributed by atoms with Gasteiger partial charge in [0.15, 0.2) is 5.96 Å². The summed E-state index contributed by atoms with van der Waals surface area (Å²) in [5.41, 5.74) is 6.93. The van der Waals surface area contributed by atoms with Crippen molar-refractivity contribution < 1.29 is 9.47 Å². The van der Waals surface area contributed by atoms with Crippen LogP contribution in [0.25, 0.3) is 0 Å². The number of benzene rings is 1. The highest BCUT2D eigenvalue weighted by molar-refractivity contribution is 5.81. The standard InChI is InChI=1S/C14H23N3O2/c1-12(11-19-3)17(9-10-18-2)14(15)16-13-7-5-4-6-8-13/h4-8,12H,9-11H2,1-3H3,(H2,15,16).